The first-order chi connectivity index (χ1) is 13.0. The van der Waals surface area contributed by atoms with Gasteiger partial charge in [-0.3, -0.25) is 4.79 Å². The molecule has 4 rings (SSSR count). The third kappa shape index (κ3) is 3.52. The molecule has 0 radical (unpaired) electrons. The van der Waals surface area contributed by atoms with Crippen molar-refractivity contribution < 1.29 is 4.79 Å². The third-order valence-corrected chi connectivity index (χ3v) is 4.61. The minimum Gasteiger partial charge on any atom is -0.306 e. The molecular weight excluding hydrogens is 383 g/mol. The molecule has 5 nitrogen and oxygen atoms in total. The van der Waals surface area contributed by atoms with Gasteiger partial charge in [0.25, 0.3) is 5.91 Å². The number of amides is 1. The van der Waals surface area contributed by atoms with Crippen LogP contribution in [-0.2, 0) is 0 Å². The molecule has 1 amide bonds. The highest BCUT2D eigenvalue weighted by Crippen LogP contribution is 2.23. The minimum absolute atomic E-state index is 0.293. The van der Waals surface area contributed by atoms with E-state index in [-0.39, 0.29) is 5.91 Å². The van der Waals surface area contributed by atoms with E-state index < -0.39 is 0 Å². The van der Waals surface area contributed by atoms with Gasteiger partial charge in [-0.25, -0.2) is 4.98 Å². The molecule has 2 heterocycles. The van der Waals surface area contributed by atoms with E-state index >= 15 is 0 Å². The Labute approximate surface area is 165 Å². The van der Waals surface area contributed by atoms with E-state index in [1.165, 1.54) is 6.07 Å². The Balaban J connectivity index is 1.72. The largest absolute Gasteiger partial charge is 0.306 e. The van der Waals surface area contributed by atoms with Gasteiger partial charge in [-0.1, -0.05) is 41.4 Å². The molecular formula is C20H14Cl2N4O. The van der Waals surface area contributed by atoms with E-state index in [2.05, 4.69) is 15.4 Å². The van der Waals surface area contributed by atoms with Crippen molar-refractivity contribution in [3.8, 4) is 5.82 Å². The first-order valence-corrected chi connectivity index (χ1v) is 8.96. The number of carbonyl (C=O) groups is 1. The molecule has 7 heteroatoms. The van der Waals surface area contributed by atoms with Crippen molar-refractivity contribution in [3.05, 3.63) is 82.0 Å². The van der Waals surface area contributed by atoms with Crippen LogP contribution in [0.4, 0.5) is 5.82 Å². The average Bonchev–Trinajstić information content (AvgIpc) is 3.03. The molecule has 134 valence electrons. The maximum Gasteiger partial charge on any atom is 0.258 e. The lowest BCUT2D eigenvalue weighted by molar-refractivity contribution is 0.102. The summed E-state index contributed by atoms with van der Waals surface area (Å²) in [6, 6.07) is 18.2. The van der Waals surface area contributed by atoms with Crippen LogP contribution in [0.5, 0.6) is 0 Å². The number of hydrogen-bond donors (Lipinski definition) is 1. The number of nitrogens with one attached hydrogen (secondary N) is 1. The predicted molar refractivity (Wildman–Crippen MR) is 108 cm³/mol. The number of pyridine rings is 1. The standard InChI is InChI=1S/C20H14Cl2N4O/c1-12-10-19(24-20(27)15-11-14(21)7-8-16(15)22)26(25-12)18-9-6-13-4-2-3-5-17(13)23-18/h2-11H,1H3,(H,24,27). The summed E-state index contributed by atoms with van der Waals surface area (Å²) in [5.74, 6) is 0.732. The van der Waals surface area contributed by atoms with Crippen molar-refractivity contribution in [3.63, 3.8) is 0 Å². The summed E-state index contributed by atoms with van der Waals surface area (Å²) in [6.07, 6.45) is 0. The fourth-order valence-corrected chi connectivity index (χ4v) is 3.17. The lowest BCUT2D eigenvalue weighted by Gasteiger charge is -2.10. The van der Waals surface area contributed by atoms with Crippen molar-refractivity contribution in [2.75, 3.05) is 5.32 Å². The summed E-state index contributed by atoms with van der Waals surface area (Å²) in [4.78, 5) is 17.3. The fourth-order valence-electron chi connectivity index (χ4n) is 2.79. The topological polar surface area (TPSA) is 59.8 Å². The zero-order chi connectivity index (χ0) is 19.0. The van der Waals surface area contributed by atoms with Crippen LogP contribution in [0.3, 0.4) is 0 Å². The highest BCUT2D eigenvalue weighted by molar-refractivity contribution is 6.36. The molecule has 0 spiro atoms. The van der Waals surface area contributed by atoms with Crippen LogP contribution in [0, 0.1) is 6.92 Å². The second-order valence-electron chi connectivity index (χ2n) is 6.02. The molecule has 1 N–H and O–H groups in total. The normalized spacial score (nSPS) is 10.9. The highest BCUT2D eigenvalue weighted by atomic mass is 35.5. The summed E-state index contributed by atoms with van der Waals surface area (Å²) in [7, 11) is 0. The Bertz CT molecular complexity index is 1170. The van der Waals surface area contributed by atoms with Gasteiger partial charge in [0, 0.05) is 16.5 Å². The number of nitrogens with zero attached hydrogens (tertiary/aromatic N) is 3. The molecule has 0 saturated carbocycles. The number of fused-ring (bicyclic) bond motifs is 1. The summed E-state index contributed by atoms with van der Waals surface area (Å²) in [6.45, 7) is 1.85. The smallest absolute Gasteiger partial charge is 0.258 e. The molecule has 0 saturated heterocycles. The molecule has 0 aliphatic rings. The number of halogens is 2. The first-order valence-electron chi connectivity index (χ1n) is 8.20. The van der Waals surface area contributed by atoms with Crippen molar-refractivity contribution in [2.24, 2.45) is 0 Å². The van der Waals surface area contributed by atoms with Crippen molar-refractivity contribution in [2.45, 2.75) is 6.92 Å². The Kier molecular flexibility index (Phi) is 4.56. The van der Waals surface area contributed by atoms with Crippen LogP contribution in [0.1, 0.15) is 16.1 Å². The van der Waals surface area contributed by atoms with E-state index in [4.69, 9.17) is 23.2 Å². The van der Waals surface area contributed by atoms with Crippen molar-refractivity contribution in [1.82, 2.24) is 14.8 Å². The molecule has 0 aliphatic heterocycles. The van der Waals surface area contributed by atoms with E-state index in [0.29, 0.717) is 27.2 Å². The quantitative estimate of drug-likeness (QED) is 0.511. The zero-order valence-electron chi connectivity index (χ0n) is 14.3. The number of anilines is 1. The minimum atomic E-state index is -0.371. The second-order valence-corrected chi connectivity index (χ2v) is 6.87. The average molecular weight is 397 g/mol. The van der Waals surface area contributed by atoms with Gasteiger partial charge in [0.2, 0.25) is 0 Å². The number of aryl methyl sites for hydroxylation is 1. The van der Waals surface area contributed by atoms with Gasteiger partial charge >= 0.3 is 0 Å². The second kappa shape index (κ2) is 7.02. The Hall–Kier alpha value is -2.89. The van der Waals surface area contributed by atoms with Crippen LogP contribution < -0.4 is 5.32 Å². The zero-order valence-corrected chi connectivity index (χ0v) is 15.8. The fraction of sp³-hybridized carbons (Fsp3) is 0.0500. The van der Waals surface area contributed by atoms with Gasteiger partial charge in [0.15, 0.2) is 5.82 Å². The van der Waals surface area contributed by atoms with Crippen LogP contribution in [0.15, 0.2) is 60.7 Å². The molecule has 2 aromatic carbocycles. The van der Waals surface area contributed by atoms with Gasteiger partial charge in [0.05, 0.1) is 21.8 Å². The van der Waals surface area contributed by atoms with Crippen molar-refractivity contribution >= 4 is 45.8 Å². The van der Waals surface area contributed by atoms with E-state index in [0.717, 1.165) is 16.6 Å². The lowest BCUT2D eigenvalue weighted by atomic mass is 10.2. The monoisotopic (exact) mass is 396 g/mol. The molecule has 0 unspecified atom stereocenters. The Morgan fingerprint density at radius 3 is 2.70 bits per heavy atom. The van der Waals surface area contributed by atoms with Crippen LogP contribution >= 0.6 is 23.2 Å². The van der Waals surface area contributed by atoms with Crippen molar-refractivity contribution in [1.29, 1.82) is 0 Å². The van der Waals surface area contributed by atoms with Crippen LogP contribution in [0.25, 0.3) is 16.7 Å². The maximum absolute atomic E-state index is 12.7. The predicted octanol–water partition coefficient (Wildman–Crippen LogP) is 5.29. The maximum atomic E-state index is 12.7. The highest BCUT2D eigenvalue weighted by Gasteiger charge is 2.16. The van der Waals surface area contributed by atoms with Gasteiger partial charge in [0.1, 0.15) is 5.82 Å². The number of aromatic nitrogens is 3. The third-order valence-electron chi connectivity index (χ3n) is 4.05. The molecule has 0 fully saturated rings. The summed E-state index contributed by atoms with van der Waals surface area (Å²) in [5, 5.41) is 9.08. The van der Waals surface area contributed by atoms with Gasteiger partial charge in [-0.05, 0) is 43.3 Å². The Morgan fingerprint density at radius 2 is 1.85 bits per heavy atom. The van der Waals surface area contributed by atoms with E-state index in [1.54, 1.807) is 22.9 Å². The molecule has 0 atom stereocenters. The lowest BCUT2D eigenvalue weighted by Crippen LogP contribution is -2.16. The summed E-state index contributed by atoms with van der Waals surface area (Å²) in [5.41, 5.74) is 1.89. The molecule has 0 aliphatic carbocycles. The van der Waals surface area contributed by atoms with Gasteiger partial charge in [-0.2, -0.15) is 9.78 Å². The van der Waals surface area contributed by atoms with Crippen LogP contribution in [0.2, 0.25) is 10.0 Å². The molecule has 2 aromatic heterocycles. The number of benzene rings is 2. The SMILES string of the molecule is Cc1cc(NC(=O)c2cc(Cl)ccc2Cl)n(-c2ccc3ccccc3n2)n1. The van der Waals surface area contributed by atoms with E-state index in [9.17, 15) is 4.79 Å². The first kappa shape index (κ1) is 17.5. The Morgan fingerprint density at radius 1 is 1.04 bits per heavy atom. The number of para-hydroxylation sites is 1. The number of rotatable bonds is 3. The van der Waals surface area contributed by atoms with Crippen LogP contribution in [-0.4, -0.2) is 20.7 Å². The molecule has 4 aromatic rings. The van der Waals surface area contributed by atoms with Gasteiger partial charge in [-0.15, -0.1) is 0 Å². The summed E-state index contributed by atoms with van der Waals surface area (Å²) < 4.78 is 1.60. The van der Waals surface area contributed by atoms with E-state index in [1.807, 2.05) is 43.3 Å². The molecule has 27 heavy (non-hydrogen) atoms. The number of hydrogen-bond acceptors (Lipinski definition) is 3. The molecule has 0 bridgehead atoms. The summed E-state index contributed by atoms with van der Waals surface area (Å²) >= 11 is 12.1. The number of carbonyl (C=O) groups excluding carboxylic acids is 1. The van der Waals surface area contributed by atoms with Gasteiger partial charge < -0.3 is 5.32 Å².